The van der Waals surface area contributed by atoms with Crippen molar-refractivity contribution in [2.24, 2.45) is 0 Å². The number of benzene rings is 2. The maximum atomic E-state index is 13.1. The van der Waals surface area contributed by atoms with Crippen molar-refractivity contribution in [3.8, 4) is 16.2 Å². The number of hydrogen-bond donors (Lipinski definition) is 1. The number of hydrogen-bond acceptors (Lipinski definition) is 4. The standard InChI is InChI=1S/C20H16Cl2N2O2S/c1-24(16-4-2-12(21)9-15(16)22)20(25)18-8-11-6-7-26-17-5-3-13(23)10-14(17)19(11)27-18/h2-5,8-10H,6-7,23H2,1H3. The van der Waals surface area contributed by atoms with Gasteiger partial charge in [-0.05, 0) is 48.0 Å². The Bertz CT molecular complexity index is 1050. The zero-order valence-electron chi connectivity index (χ0n) is 14.5. The van der Waals surface area contributed by atoms with Crippen LogP contribution in [-0.4, -0.2) is 19.6 Å². The van der Waals surface area contributed by atoms with E-state index in [1.807, 2.05) is 24.3 Å². The number of carbonyl (C=O) groups excluding carboxylic acids is 1. The number of fused-ring (bicyclic) bond motifs is 3. The summed E-state index contributed by atoms with van der Waals surface area (Å²) < 4.78 is 5.81. The molecule has 0 fully saturated rings. The second-order valence-corrected chi connectivity index (χ2v) is 8.17. The van der Waals surface area contributed by atoms with Crippen LogP contribution in [0.1, 0.15) is 15.2 Å². The van der Waals surface area contributed by atoms with Crippen molar-refractivity contribution in [3.05, 3.63) is 63.0 Å². The summed E-state index contributed by atoms with van der Waals surface area (Å²) >= 11 is 13.7. The minimum atomic E-state index is -0.122. The van der Waals surface area contributed by atoms with Gasteiger partial charge in [-0.15, -0.1) is 11.3 Å². The summed E-state index contributed by atoms with van der Waals surface area (Å²) in [4.78, 5) is 16.3. The van der Waals surface area contributed by atoms with Crippen LogP contribution in [0.2, 0.25) is 10.0 Å². The maximum Gasteiger partial charge on any atom is 0.268 e. The molecule has 0 unspecified atom stereocenters. The van der Waals surface area contributed by atoms with Crippen LogP contribution in [0.15, 0.2) is 42.5 Å². The Hall–Kier alpha value is -2.21. The number of halogens is 2. The van der Waals surface area contributed by atoms with Crippen molar-refractivity contribution in [3.63, 3.8) is 0 Å². The zero-order valence-corrected chi connectivity index (χ0v) is 16.8. The van der Waals surface area contributed by atoms with E-state index >= 15 is 0 Å². The average Bonchev–Trinajstić information content (AvgIpc) is 2.98. The largest absolute Gasteiger partial charge is 0.493 e. The third-order valence-corrected chi connectivity index (χ3v) is 6.21. The van der Waals surface area contributed by atoms with Crippen LogP contribution in [0.5, 0.6) is 5.75 Å². The fraction of sp³-hybridized carbons (Fsp3) is 0.150. The van der Waals surface area contributed by atoms with Gasteiger partial charge in [0, 0.05) is 34.6 Å². The molecular weight excluding hydrogens is 403 g/mol. The molecule has 3 aromatic rings. The second-order valence-electron chi connectivity index (χ2n) is 6.28. The van der Waals surface area contributed by atoms with E-state index in [1.165, 1.54) is 11.3 Å². The molecule has 1 amide bonds. The Labute approximate surface area is 171 Å². The fourth-order valence-corrected chi connectivity index (χ4v) is 4.84. The van der Waals surface area contributed by atoms with E-state index in [0.717, 1.165) is 28.2 Å². The van der Waals surface area contributed by atoms with Crippen molar-refractivity contribution in [1.82, 2.24) is 0 Å². The zero-order chi connectivity index (χ0) is 19.1. The van der Waals surface area contributed by atoms with E-state index in [-0.39, 0.29) is 5.91 Å². The Balaban J connectivity index is 1.73. The number of nitrogens with two attached hydrogens (primary N) is 1. The van der Waals surface area contributed by atoms with Gasteiger partial charge in [-0.25, -0.2) is 0 Å². The Morgan fingerprint density at radius 2 is 2.00 bits per heavy atom. The van der Waals surface area contributed by atoms with Crippen molar-refractivity contribution in [1.29, 1.82) is 0 Å². The molecule has 0 saturated carbocycles. The van der Waals surface area contributed by atoms with Crippen LogP contribution >= 0.6 is 34.5 Å². The van der Waals surface area contributed by atoms with Crippen LogP contribution in [0.25, 0.3) is 10.4 Å². The third-order valence-electron chi connectivity index (χ3n) is 4.47. The van der Waals surface area contributed by atoms with Gasteiger partial charge >= 0.3 is 0 Å². The van der Waals surface area contributed by atoms with Crippen LogP contribution in [0, 0.1) is 0 Å². The molecule has 138 valence electrons. The summed E-state index contributed by atoms with van der Waals surface area (Å²) in [5, 5.41) is 0.963. The van der Waals surface area contributed by atoms with Gasteiger partial charge in [0.25, 0.3) is 5.91 Å². The molecule has 4 rings (SSSR count). The van der Waals surface area contributed by atoms with Gasteiger partial charge in [0.2, 0.25) is 0 Å². The highest BCUT2D eigenvalue weighted by Gasteiger charge is 2.24. The molecule has 0 atom stereocenters. The lowest BCUT2D eigenvalue weighted by molar-refractivity contribution is 0.0997. The molecule has 1 aliphatic heterocycles. The topological polar surface area (TPSA) is 55.6 Å². The first-order valence-electron chi connectivity index (χ1n) is 8.32. The summed E-state index contributed by atoms with van der Waals surface area (Å²) in [7, 11) is 1.71. The van der Waals surface area contributed by atoms with Crippen molar-refractivity contribution < 1.29 is 9.53 Å². The second kappa shape index (κ2) is 7.08. The Morgan fingerprint density at radius 3 is 2.78 bits per heavy atom. The third kappa shape index (κ3) is 3.38. The van der Waals surface area contributed by atoms with E-state index < -0.39 is 0 Å². The SMILES string of the molecule is CN(C(=O)c1cc2c(s1)-c1cc(N)ccc1OCC2)c1ccc(Cl)cc1Cl. The van der Waals surface area contributed by atoms with Gasteiger partial charge in [-0.1, -0.05) is 23.2 Å². The van der Waals surface area contributed by atoms with Gasteiger partial charge in [0.15, 0.2) is 0 Å². The minimum absolute atomic E-state index is 0.122. The Kier molecular flexibility index (Phi) is 4.76. The molecular formula is C20H16Cl2N2O2S. The highest BCUT2D eigenvalue weighted by atomic mass is 35.5. The van der Waals surface area contributed by atoms with Crippen molar-refractivity contribution in [2.45, 2.75) is 6.42 Å². The summed E-state index contributed by atoms with van der Waals surface area (Å²) in [6, 6.07) is 12.6. The lowest BCUT2D eigenvalue weighted by atomic mass is 10.1. The molecule has 27 heavy (non-hydrogen) atoms. The van der Waals surface area contributed by atoms with Crippen LogP contribution in [-0.2, 0) is 6.42 Å². The van der Waals surface area contributed by atoms with Gasteiger partial charge in [-0.2, -0.15) is 0 Å². The molecule has 4 nitrogen and oxygen atoms in total. The molecule has 1 aromatic heterocycles. The molecule has 0 bridgehead atoms. The highest BCUT2D eigenvalue weighted by molar-refractivity contribution is 7.17. The number of thiophene rings is 1. The van der Waals surface area contributed by atoms with Crippen LogP contribution in [0.3, 0.4) is 0 Å². The lowest BCUT2D eigenvalue weighted by Crippen LogP contribution is -2.25. The fourth-order valence-electron chi connectivity index (χ4n) is 3.10. The predicted molar refractivity (Wildman–Crippen MR) is 113 cm³/mol. The summed E-state index contributed by atoms with van der Waals surface area (Å²) in [5.74, 6) is 0.668. The van der Waals surface area contributed by atoms with Crippen LogP contribution < -0.4 is 15.4 Å². The number of ether oxygens (including phenoxy) is 1. The van der Waals surface area contributed by atoms with Gasteiger partial charge in [-0.3, -0.25) is 4.79 Å². The number of rotatable bonds is 2. The molecule has 0 saturated heterocycles. The molecule has 2 N–H and O–H groups in total. The number of carbonyl (C=O) groups is 1. The van der Waals surface area contributed by atoms with Crippen molar-refractivity contribution >= 4 is 51.8 Å². The Morgan fingerprint density at radius 1 is 1.19 bits per heavy atom. The van der Waals surface area contributed by atoms with Gasteiger partial charge < -0.3 is 15.4 Å². The molecule has 2 aromatic carbocycles. The van der Waals surface area contributed by atoms with Gasteiger partial charge in [0.05, 0.1) is 22.2 Å². The normalized spacial score (nSPS) is 12.6. The summed E-state index contributed by atoms with van der Waals surface area (Å²) in [6.45, 7) is 0.563. The van der Waals surface area contributed by atoms with E-state index in [0.29, 0.717) is 32.9 Å². The van der Waals surface area contributed by atoms with Crippen molar-refractivity contribution in [2.75, 3.05) is 24.3 Å². The first kappa shape index (κ1) is 18.2. The predicted octanol–water partition coefficient (Wildman–Crippen LogP) is 5.52. The molecule has 1 aliphatic rings. The number of nitrogen functional groups attached to an aromatic ring is 1. The molecule has 2 heterocycles. The number of anilines is 2. The average molecular weight is 419 g/mol. The van der Waals surface area contributed by atoms with Crippen LogP contribution in [0.4, 0.5) is 11.4 Å². The molecule has 0 aliphatic carbocycles. The lowest BCUT2D eigenvalue weighted by Gasteiger charge is -2.18. The quantitative estimate of drug-likeness (QED) is 0.557. The maximum absolute atomic E-state index is 13.1. The minimum Gasteiger partial charge on any atom is -0.493 e. The van der Waals surface area contributed by atoms with E-state index in [9.17, 15) is 4.79 Å². The molecule has 7 heteroatoms. The first-order chi connectivity index (χ1) is 12.9. The van der Waals surface area contributed by atoms with E-state index in [4.69, 9.17) is 33.7 Å². The molecule has 0 spiro atoms. The number of nitrogens with zero attached hydrogens (tertiary/aromatic N) is 1. The first-order valence-corrected chi connectivity index (χ1v) is 9.90. The highest BCUT2D eigenvalue weighted by Crippen LogP contribution is 2.42. The van der Waals surface area contributed by atoms with Gasteiger partial charge in [0.1, 0.15) is 5.75 Å². The van der Waals surface area contributed by atoms with E-state index in [2.05, 4.69) is 0 Å². The number of amides is 1. The monoisotopic (exact) mass is 418 g/mol. The smallest absolute Gasteiger partial charge is 0.268 e. The van der Waals surface area contributed by atoms with E-state index in [1.54, 1.807) is 30.1 Å². The molecule has 0 radical (unpaired) electrons. The summed E-state index contributed by atoms with van der Waals surface area (Å²) in [5.41, 5.74) is 9.25. The summed E-state index contributed by atoms with van der Waals surface area (Å²) in [6.07, 6.45) is 0.735.